The molecule has 1 aromatic carbocycles. The van der Waals surface area contributed by atoms with E-state index in [-0.39, 0.29) is 17.9 Å². The van der Waals surface area contributed by atoms with Gasteiger partial charge in [-0.25, -0.2) is 4.98 Å². The first-order valence-corrected chi connectivity index (χ1v) is 8.13. The van der Waals surface area contributed by atoms with Crippen molar-refractivity contribution in [3.63, 3.8) is 0 Å². The van der Waals surface area contributed by atoms with Crippen molar-refractivity contribution in [2.45, 2.75) is 39.8 Å². The van der Waals surface area contributed by atoms with Gasteiger partial charge in [-0.05, 0) is 39.0 Å². The molecule has 0 saturated carbocycles. The van der Waals surface area contributed by atoms with Gasteiger partial charge in [-0.2, -0.15) is 5.10 Å². The number of aromatic nitrogens is 4. The largest absolute Gasteiger partial charge is 0.454 e. The number of rotatable bonds is 5. The van der Waals surface area contributed by atoms with Gasteiger partial charge in [0.1, 0.15) is 0 Å². The quantitative estimate of drug-likeness (QED) is 0.721. The predicted octanol–water partition coefficient (Wildman–Crippen LogP) is 2.43. The Hall–Kier alpha value is -2.96. The van der Waals surface area contributed by atoms with Crippen molar-refractivity contribution >= 4 is 16.9 Å². The Morgan fingerprint density at radius 3 is 2.80 bits per heavy atom. The molecule has 0 fully saturated rings. The average molecular weight is 340 g/mol. The summed E-state index contributed by atoms with van der Waals surface area (Å²) in [5.41, 5.74) is 2.24. The number of nitrogens with one attached hydrogen (secondary N) is 1. The second kappa shape index (κ2) is 6.88. The van der Waals surface area contributed by atoms with Gasteiger partial charge in [0.25, 0.3) is 5.56 Å². The summed E-state index contributed by atoms with van der Waals surface area (Å²) in [6.07, 6.45) is -0.435. The van der Waals surface area contributed by atoms with Crippen molar-refractivity contribution in [3.8, 4) is 0 Å². The Morgan fingerprint density at radius 2 is 2.08 bits per heavy atom. The van der Waals surface area contributed by atoms with Crippen molar-refractivity contribution in [1.29, 1.82) is 0 Å². The van der Waals surface area contributed by atoms with E-state index in [0.717, 1.165) is 11.4 Å². The number of carbonyl (C=O) groups excluding carboxylic acids is 1. The maximum absolute atomic E-state index is 12.1. The van der Waals surface area contributed by atoms with Crippen LogP contribution in [-0.2, 0) is 16.1 Å². The molecule has 0 aliphatic carbocycles. The fourth-order valence-electron chi connectivity index (χ4n) is 2.71. The Balaban J connectivity index is 1.67. The van der Waals surface area contributed by atoms with Crippen LogP contribution < -0.4 is 5.56 Å². The van der Waals surface area contributed by atoms with E-state index >= 15 is 0 Å². The molecule has 0 spiro atoms. The molecule has 0 aliphatic heterocycles. The molecule has 3 rings (SSSR count). The zero-order chi connectivity index (χ0) is 18.0. The number of ether oxygens (including phenoxy) is 1. The van der Waals surface area contributed by atoms with Crippen LogP contribution in [0.4, 0.5) is 0 Å². The minimum atomic E-state index is -0.634. The van der Waals surface area contributed by atoms with E-state index in [2.05, 4.69) is 15.1 Å². The van der Waals surface area contributed by atoms with Crippen molar-refractivity contribution in [2.24, 2.45) is 0 Å². The number of hydrogen-bond acceptors (Lipinski definition) is 5. The van der Waals surface area contributed by atoms with Crippen molar-refractivity contribution in [2.75, 3.05) is 0 Å². The van der Waals surface area contributed by atoms with Crippen LogP contribution in [0.3, 0.4) is 0 Å². The molecule has 0 aliphatic rings. The van der Waals surface area contributed by atoms with Crippen LogP contribution in [0.1, 0.15) is 36.7 Å². The lowest BCUT2D eigenvalue weighted by Crippen LogP contribution is -2.18. The third kappa shape index (κ3) is 3.76. The number of benzene rings is 1. The van der Waals surface area contributed by atoms with Gasteiger partial charge in [0.15, 0.2) is 11.9 Å². The van der Waals surface area contributed by atoms with Gasteiger partial charge >= 0.3 is 5.97 Å². The molecule has 3 aromatic rings. The number of aromatic amines is 1. The first-order chi connectivity index (χ1) is 11.9. The molecule has 0 radical (unpaired) electrons. The third-order valence-corrected chi connectivity index (χ3v) is 3.96. The van der Waals surface area contributed by atoms with Crippen LogP contribution in [0.25, 0.3) is 10.9 Å². The summed E-state index contributed by atoms with van der Waals surface area (Å²) in [7, 11) is 0. The number of para-hydroxylation sites is 1. The van der Waals surface area contributed by atoms with Gasteiger partial charge in [-0.15, -0.1) is 0 Å². The molecular weight excluding hydrogens is 320 g/mol. The fraction of sp³-hybridized carbons (Fsp3) is 0.333. The van der Waals surface area contributed by atoms with Crippen molar-refractivity contribution in [1.82, 2.24) is 19.7 Å². The monoisotopic (exact) mass is 340 g/mol. The molecule has 1 unspecified atom stereocenters. The van der Waals surface area contributed by atoms with Gasteiger partial charge in [-0.3, -0.25) is 14.3 Å². The summed E-state index contributed by atoms with van der Waals surface area (Å²) >= 11 is 0. The number of esters is 1. The maximum atomic E-state index is 12.1. The molecule has 7 heteroatoms. The molecule has 0 saturated heterocycles. The number of carbonyl (C=O) groups is 1. The van der Waals surface area contributed by atoms with Crippen LogP contribution >= 0.6 is 0 Å². The molecular formula is C18H20N4O3. The highest BCUT2D eigenvalue weighted by Crippen LogP contribution is 2.15. The Labute approximate surface area is 144 Å². The topological polar surface area (TPSA) is 89.9 Å². The van der Waals surface area contributed by atoms with Crippen LogP contribution in [0.5, 0.6) is 0 Å². The lowest BCUT2D eigenvalue weighted by molar-refractivity contribution is -0.149. The number of nitrogens with zero attached hydrogens (tertiary/aromatic N) is 3. The SMILES string of the molecule is Cc1cc(C)n(CCC(=O)OC(C)c2nc3ccccc3c(=O)[nH]2)n1. The van der Waals surface area contributed by atoms with E-state index in [0.29, 0.717) is 23.3 Å². The molecule has 130 valence electrons. The summed E-state index contributed by atoms with van der Waals surface area (Å²) in [6.45, 7) is 5.99. The van der Waals surface area contributed by atoms with E-state index < -0.39 is 6.10 Å². The highest BCUT2D eigenvalue weighted by molar-refractivity contribution is 5.77. The van der Waals surface area contributed by atoms with E-state index in [4.69, 9.17) is 4.74 Å². The highest BCUT2D eigenvalue weighted by atomic mass is 16.5. The molecule has 25 heavy (non-hydrogen) atoms. The number of aryl methyl sites for hydroxylation is 3. The van der Waals surface area contributed by atoms with Crippen LogP contribution in [0, 0.1) is 13.8 Å². The molecule has 7 nitrogen and oxygen atoms in total. The van der Waals surface area contributed by atoms with E-state index in [1.165, 1.54) is 0 Å². The lowest BCUT2D eigenvalue weighted by Gasteiger charge is -2.13. The maximum Gasteiger partial charge on any atom is 0.308 e. The second-order valence-corrected chi connectivity index (χ2v) is 6.00. The van der Waals surface area contributed by atoms with Crippen LogP contribution in [0.15, 0.2) is 35.1 Å². The smallest absolute Gasteiger partial charge is 0.308 e. The van der Waals surface area contributed by atoms with Gasteiger partial charge in [0, 0.05) is 5.69 Å². The number of hydrogen-bond donors (Lipinski definition) is 1. The Bertz CT molecular complexity index is 974. The minimum absolute atomic E-state index is 0.199. The molecule has 0 amide bonds. The van der Waals surface area contributed by atoms with Gasteiger partial charge in [0.2, 0.25) is 0 Å². The fourth-order valence-corrected chi connectivity index (χ4v) is 2.71. The molecule has 1 atom stereocenters. The molecule has 1 N–H and O–H groups in total. The van der Waals surface area contributed by atoms with Gasteiger partial charge in [-0.1, -0.05) is 12.1 Å². The summed E-state index contributed by atoms with van der Waals surface area (Å²) in [4.78, 5) is 31.2. The molecule has 2 heterocycles. The summed E-state index contributed by atoms with van der Waals surface area (Å²) < 4.78 is 7.17. The zero-order valence-corrected chi connectivity index (χ0v) is 14.4. The normalized spacial score (nSPS) is 12.3. The standard InChI is InChI=1S/C18H20N4O3/c1-11-10-12(2)22(21-11)9-8-16(23)25-13(3)17-19-15-7-5-4-6-14(15)18(24)20-17/h4-7,10,13H,8-9H2,1-3H3,(H,19,20,24). The summed E-state index contributed by atoms with van der Waals surface area (Å²) in [5, 5.41) is 4.82. The van der Waals surface area contributed by atoms with Crippen LogP contribution in [-0.4, -0.2) is 25.7 Å². The predicted molar refractivity (Wildman–Crippen MR) is 93.2 cm³/mol. The summed E-state index contributed by atoms with van der Waals surface area (Å²) in [5.74, 6) is -0.0287. The van der Waals surface area contributed by atoms with E-state index in [9.17, 15) is 9.59 Å². The highest BCUT2D eigenvalue weighted by Gasteiger charge is 2.16. The first-order valence-electron chi connectivity index (χ1n) is 8.13. The van der Waals surface area contributed by atoms with E-state index in [1.54, 1.807) is 29.8 Å². The molecule has 2 aromatic heterocycles. The number of fused-ring (bicyclic) bond motifs is 1. The lowest BCUT2D eigenvalue weighted by atomic mass is 10.2. The van der Waals surface area contributed by atoms with E-state index in [1.807, 2.05) is 26.0 Å². The van der Waals surface area contributed by atoms with Crippen LogP contribution in [0.2, 0.25) is 0 Å². The summed E-state index contributed by atoms with van der Waals surface area (Å²) in [6, 6.07) is 9.00. The van der Waals surface area contributed by atoms with Gasteiger partial charge < -0.3 is 9.72 Å². The zero-order valence-electron chi connectivity index (χ0n) is 14.4. The minimum Gasteiger partial charge on any atom is -0.454 e. The van der Waals surface area contributed by atoms with Crippen molar-refractivity contribution < 1.29 is 9.53 Å². The third-order valence-electron chi connectivity index (χ3n) is 3.96. The average Bonchev–Trinajstić information content (AvgIpc) is 2.90. The number of H-pyrrole nitrogens is 1. The van der Waals surface area contributed by atoms with Crippen molar-refractivity contribution in [3.05, 3.63) is 57.9 Å². The second-order valence-electron chi connectivity index (χ2n) is 6.00. The Morgan fingerprint density at radius 1 is 1.32 bits per heavy atom. The molecule has 0 bridgehead atoms. The Kier molecular flexibility index (Phi) is 4.65. The first kappa shape index (κ1) is 16.9. The van der Waals surface area contributed by atoms with Gasteiger partial charge in [0.05, 0.1) is 29.6 Å².